The molecule has 0 spiro atoms. The Kier molecular flexibility index (Phi) is 6.14. The molecule has 5 heteroatoms. The van der Waals surface area contributed by atoms with Crippen LogP contribution in [-0.2, 0) is 4.79 Å². The molecule has 5 aliphatic carbocycles. The van der Waals surface area contributed by atoms with Crippen LogP contribution in [0.2, 0.25) is 0 Å². The lowest BCUT2D eigenvalue weighted by Gasteiger charge is -2.72. The van der Waals surface area contributed by atoms with Crippen LogP contribution >= 0.6 is 11.3 Å². The quantitative estimate of drug-likeness (QED) is 0.382. The number of allylic oxidation sites excluding steroid dienone is 1. The van der Waals surface area contributed by atoms with E-state index in [1.54, 1.807) is 6.20 Å². The fourth-order valence-electron chi connectivity index (χ4n) is 12.0. The Balaban J connectivity index is 1.38. The number of hydrogen-bond acceptors (Lipinski definition) is 4. The molecular weight excluding hydrogens is 488 g/mol. The van der Waals surface area contributed by atoms with Gasteiger partial charge in [0.05, 0.1) is 11.5 Å². The monoisotopic (exact) mass is 538 g/mol. The summed E-state index contributed by atoms with van der Waals surface area (Å²) in [6.07, 6.45) is 12.8. The summed E-state index contributed by atoms with van der Waals surface area (Å²) in [6.45, 7) is 19.2. The van der Waals surface area contributed by atoms with E-state index in [0.29, 0.717) is 29.6 Å². The highest BCUT2D eigenvalue weighted by Crippen LogP contribution is 2.77. The number of thiazole rings is 1. The minimum Gasteiger partial charge on any atom is -0.393 e. The summed E-state index contributed by atoms with van der Waals surface area (Å²) in [4.78, 5) is 18.5. The zero-order valence-corrected chi connectivity index (χ0v) is 25.4. The van der Waals surface area contributed by atoms with Crippen LogP contribution in [0.1, 0.15) is 106 Å². The molecule has 0 aliphatic heterocycles. The van der Waals surface area contributed by atoms with E-state index in [1.165, 1.54) is 42.6 Å². The van der Waals surface area contributed by atoms with E-state index in [1.807, 2.05) is 5.38 Å². The summed E-state index contributed by atoms with van der Waals surface area (Å²) in [5, 5.41) is 16.9. The highest BCUT2D eigenvalue weighted by Gasteiger charge is 2.71. The molecule has 2 N–H and O–H groups in total. The molecule has 0 saturated heterocycles. The molecule has 38 heavy (non-hydrogen) atoms. The van der Waals surface area contributed by atoms with Crippen molar-refractivity contribution in [3.8, 4) is 0 Å². The molecule has 0 bridgehead atoms. The Bertz CT molecular complexity index is 1110. The minimum absolute atomic E-state index is 0.0157. The van der Waals surface area contributed by atoms with Crippen molar-refractivity contribution in [3.05, 3.63) is 23.7 Å². The fraction of sp³-hybridized carbons (Fsp3) is 0.818. The smallest absolute Gasteiger partial charge is 0.232 e. The van der Waals surface area contributed by atoms with Crippen LogP contribution < -0.4 is 5.32 Å². The van der Waals surface area contributed by atoms with E-state index >= 15 is 0 Å². The van der Waals surface area contributed by atoms with E-state index in [-0.39, 0.29) is 39.1 Å². The van der Waals surface area contributed by atoms with Crippen molar-refractivity contribution in [2.45, 2.75) is 112 Å². The molecule has 1 amide bonds. The molecule has 1 aromatic heterocycles. The number of hydrogen-bond donors (Lipinski definition) is 2. The first-order chi connectivity index (χ1) is 17.8. The molecular formula is C33H50N2O2S. The molecule has 6 rings (SSSR count). The van der Waals surface area contributed by atoms with Gasteiger partial charge in [0.1, 0.15) is 0 Å². The summed E-state index contributed by atoms with van der Waals surface area (Å²) >= 11 is 1.52. The topological polar surface area (TPSA) is 62.2 Å². The van der Waals surface area contributed by atoms with Gasteiger partial charge in [-0.1, -0.05) is 46.8 Å². The second kappa shape index (κ2) is 8.65. The van der Waals surface area contributed by atoms with E-state index in [0.717, 1.165) is 43.7 Å². The summed E-state index contributed by atoms with van der Waals surface area (Å²) in [5.74, 6) is 2.82. The number of anilines is 1. The largest absolute Gasteiger partial charge is 0.393 e. The van der Waals surface area contributed by atoms with Crippen molar-refractivity contribution >= 4 is 22.4 Å². The Morgan fingerprint density at radius 3 is 2.42 bits per heavy atom. The molecule has 10 atom stereocenters. The summed E-state index contributed by atoms with van der Waals surface area (Å²) < 4.78 is 0. The Labute approximate surface area is 234 Å². The third kappa shape index (κ3) is 3.36. The van der Waals surface area contributed by atoms with Gasteiger partial charge in [0, 0.05) is 11.6 Å². The van der Waals surface area contributed by atoms with Gasteiger partial charge in [-0.05, 0) is 122 Å². The maximum absolute atomic E-state index is 14.1. The minimum atomic E-state index is -0.305. The molecule has 5 saturated carbocycles. The van der Waals surface area contributed by atoms with E-state index < -0.39 is 0 Å². The number of nitrogens with zero attached hydrogens (tertiary/aromatic N) is 1. The van der Waals surface area contributed by atoms with Crippen molar-refractivity contribution in [3.63, 3.8) is 0 Å². The number of aromatic nitrogens is 1. The van der Waals surface area contributed by atoms with Gasteiger partial charge in [-0.3, -0.25) is 4.79 Å². The number of fused-ring (bicyclic) bond motifs is 7. The summed E-state index contributed by atoms with van der Waals surface area (Å²) in [7, 11) is 0. The van der Waals surface area contributed by atoms with Crippen LogP contribution in [-0.4, -0.2) is 22.1 Å². The van der Waals surface area contributed by atoms with Crippen LogP contribution in [0.5, 0.6) is 0 Å². The number of aliphatic hydroxyl groups excluding tert-OH is 1. The Morgan fingerprint density at radius 2 is 1.74 bits per heavy atom. The van der Waals surface area contributed by atoms with Crippen LogP contribution in [0.15, 0.2) is 23.7 Å². The maximum atomic E-state index is 14.1. The molecule has 0 unspecified atom stereocenters. The highest BCUT2D eigenvalue weighted by atomic mass is 32.1. The molecule has 0 aromatic carbocycles. The summed E-state index contributed by atoms with van der Waals surface area (Å²) in [5.41, 5.74) is 1.72. The lowest BCUT2D eigenvalue weighted by atomic mass is 9.32. The average Bonchev–Trinajstić information content (AvgIpc) is 3.50. The number of carbonyl (C=O) groups excluding carboxylic acids is 1. The van der Waals surface area contributed by atoms with Crippen molar-refractivity contribution in [1.82, 2.24) is 4.98 Å². The van der Waals surface area contributed by atoms with Gasteiger partial charge in [-0.25, -0.2) is 4.98 Å². The Hall–Kier alpha value is -1.20. The van der Waals surface area contributed by atoms with Gasteiger partial charge >= 0.3 is 0 Å². The first-order valence-corrected chi connectivity index (χ1v) is 16.2. The van der Waals surface area contributed by atoms with E-state index in [9.17, 15) is 9.90 Å². The van der Waals surface area contributed by atoms with Crippen molar-refractivity contribution < 1.29 is 9.90 Å². The average molecular weight is 539 g/mol. The number of nitrogens with one attached hydrogen (secondary N) is 1. The molecule has 4 nitrogen and oxygen atoms in total. The molecule has 0 radical (unpaired) electrons. The van der Waals surface area contributed by atoms with Gasteiger partial charge in [0.2, 0.25) is 5.91 Å². The number of amides is 1. The molecule has 5 fully saturated rings. The van der Waals surface area contributed by atoms with Gasteiger partial charge < -0.3 is 10.4 Å². The van der Waals surface area contributed by atoms with E-state index in [2.05, 4.69) is 58.4 Å². The first-order valence-electron chi connectivity index (χ1n) is 15.4. The van der Waals surface area contributed by atoms with Crippen LogP contribution in [0.3, 0.4) is 0 Å². The molecule has 210 valence electrons. The van der Waals surface area contributed by atoms with Gasteiger partial charge in [0.25, 0.3) is 0 Å². The van der Waals surface area contributed by atoms with Crippen LogP contribution in [0, 0.1) is 56.7 Å². The summed E-state index contributed by atoms with van der Waals surface area (Å²) in [6, 6.07) is 0. The number of carbonyl (C=O) groups is 1. The van der Waals surface area contributed by atoms with Gasteiger partial charge in [0.15, 0.2) is 5.13 Å². The maximum Gasteiger partial charge on any atom is 0.232 e. The standard InChI is InChI=1S/C33H50N2O2S/c1-20(2)21-10-15-33(27(37)35-28-34-18-19-38-28)17-16-31(6)22(26(21)33)8-9-24-30(5)13-12-25(36)29(3,4)23(30)11-14-32(24,31)7/h18-19,21-26,36H,1,8-17H2,2-7H3,(H,34,35,37)/t21-,22+,23-,24+,25-,26+,30-,31+,32+,33-/m0/s1. The molecule has 5 aliphatic rings. The predicted octanol–water partition coefficient (Wildman–Crippen LogP) is 8.10. The highest BCUT2D eigenvalue weighted by molar-refractivity contribution is 7.13. The second-order valence-electron chi connectivity index (χ2n) is 15.5. The normalized spacial score (nSPS) is 49.2. The zero-order valence-electron chi connectivity index (χ0n) is 24.6. The van der Waals surface area contributed by atoms with Crippen molar-refractivity contribution in [1.29, 1.82) is 0 Å². The zero-order chi connectivity index (χ0) is 27.3. The Morgan fingerprint density at radius 1 is 0.974 bits per heavy atom. The predicted molar refractivity (Wildman–Crippen MR) is 156 cm³/mol. The molecule has 1 heterocycles. The number of rotatable bonds is 3. The van der Waals surface area contributed by atoms with Crippen LogP contribution in [0.25, 0.3) is 0 Å². The van der Waals surface area contributed by atoms with E-state index in [4.69, 9.17) is 0 Å². The van der Waals surface area contributed by atoms with Crippen molar-refractivity contribution in [2.75, 3.05) is 5.32 Å². The SMILES string of the molecule is C=C(C)[C@@H]1CC[C@]2(C(=O)Nc3nccs3)CC[C@]3(C)[C@H](CC[C@@H]4[C@@]5(C)CC[C@H](O)C(C)(C)[C@@H]5CC[C@]43C)[C@@H]12. The second-order valence-corrected chi connectivity index (χ2v) is 16.4. The lowest BCUT2D eigenvalue weighted by molar-refractivity contribution is -0.246. The number of aliphatic hydroxyl groups is 1. The van der Waals surface area contributed by atoms with Gasteiger partial charge in [-0.15, -0.1) is 11.3 Å². The third-order valence-electron chi connectivity index (χ3n) is 14.2. The van der Waals surface area contributed by atoms with Gasteiger partial charge in [-0.2, -0.15) is 0 Å². The lowest BCUT2D eigenvalue weighted by Crippen LogP contribution is -2.67. The fourth-order valence-corrected chi connectivity index (χ4v) is 12.6. The van der Waals surface area contributed by atoms with Crippen LogP contribution in [0.4, 0.5) is 5.13 Å². The third-order valence-corrected chi connectivity index (χ3v) is 14.8. The molecule has 1 aromatic rings. The van der Waals surface area contributed by atoms with Crippen molar-refractivity contribution in [2.24, 2.45) is 56.7 Å². The first kappa shape index (κ1) is 27.0.